The van der Waals surface area contributed by atoms with Gasteiger partial charge >= 0.3 is 0 Å². The molecule has 0 spiro atoms. The number of aryl methyl sites for hydroxylation is 2. The SMILES string of the molecule is Cc1cc(Nc2cc(NC(=O)c3ccc([N+](=O)[O-])cc3Cl)ccn2)nc(C)n1. The first-order valence-electron chi connectivity index (χ1n) is 8.12. The third-order valence-corrected chi connectivity index (χ3v) is 3.96. The van der Waals surface area contributed by atoms with E-state index >= 15 is 0 Å². The maximum Gasteiger partial charge on any atom is 0.270 e. The Morgan fingerprint density at radius 1 is 1.11 bits per heavy atom. The molecule has 2 aromatic heterocycles. The van der Waals surface area contributed by atoms with E-state index < -0.39 is 10.8 Å². The molecule has 0 bridgehead atoms. The van der Waals surface area contributed by atoms with Crippen LogP contribution in [0, 0.1) is 24.0 Å². The molecule has 0 saturated carbocycles. The van der Waals surface area contributed by atoms with Crippen molar-refractivity contribution in [1.82, 2.24) is 15.0 Å². The van der Waals surface area contributed by atoms with E-state index in [9.17, 15) is 14.9 Å². The van der Waals surface area contributed by atoms with E-state index in [4.69, 9.17) is 11.6 Å². The van der Waals surface area contributed by atoms with Gasteiger partial charge < -0.3 is 10.6 Å². The smallest absolute Gasteiger partial charge is 0.270 e. The molecule has 2 N–H and O–H groups in total. The molecule has 3 aromatic rings. The summed E-state index contributed by atoms with van der Waals surface area (Å²) in [5.74, 6) is 1.19. The van der Waals surface area contributed by atoms with Crippen LogP contribution in [0.5, 0.6) is 0 Å². The number of nitro benzene ring substituents is 1. The highest BCUT2D eigenvalue weighted by atomic mass is 35.5. The van der Waals surface area contributed by atoms with Crippen molar-refractivity contribution in [2.45, 2.75) is 13.8 Å². The van der Waals surface area contributed by atoms with Gasteiger partial charge in [0.1, 0.15) is 17.5 Å². The van der Waals surface area contributed by atoms with Crippen molar-refractivity contribution < 1.29 is 9.72 Å². The Hall–Kier alpha value is -3.59. The first kappa shape index (κ1) is 19.2. The number of halogens is 1. The minimum absolute atomic E-state index is 0.00830. The standard InChI is InChI=1S/C18H15ClN6O3/c1-10-7-17(22-11(2)21-10)24-16-8-12(5-6-20-16)23-18(26)14-4-3-13(25(27)28)9-15(14)19/h3-9H,1-2H3,(H2,20,21,22,23,24,26). The summed E-state index contributed by atoms with van der Waals surface area (Å²) < 4.78 is 0. The van der Waals surface area contributed by atoms with Crippen molar-refractivity contribution in [2.24, 2.45) is 0 Å². The number of carbonyl (C=O) groups excluding carboxylic acids is 1. The molecule has 0 aliphatic rings. The Morgan fingerprint density at radius 3 is 2.57 bits per heavy atom. The summed E-state index contributed by atoms with van der Waals surface area (Å²) in [5.41, 5.74) is 1.22. The summed E-state index contributed by atoms with van der Waals surface area (Å²) >= 11 is 6.00. The summed E-state index contributed by atoms with van der Waals surface area (Å²) in [5, 5.41) is 16.5. The number of aromatic nitrogens is 3. The lowest BCUT2D eigenvalue weighted by molar-refractivity contribution is -0.384. The van der Waals surface area contributed by atoms with Crippen molar-refractivity contribution in [1.29, 1.82) is 0 Å². The fraction of sp³-hybridized carbons (Fsp3) is 0.111. The third-order valence-electron chi connectivity index (χ3n) is 3.65. The number of hydrogen-bond acceptors (Lipinski definition) is 7. The summed E-state index contributed by atoms with van der Waals surface area (Å²) in [6, 6.07) is 8.68. The molecule has 0 atom stereocenters. The lowest BCUT2D eigenvalue weighted by atomic mass is 10.2. The highest BCUT2D eigenvalue weighted by molar-refractivity contribution is 6.34. The van der Waals surface area contributed by atoms with Crippen LogP contribution in [-0.2, 0) is 0 Å². The van der Waals surface area contributed by atoms with Gasteiger partial charge in [0.05, 0.1) is 15.5 Å². The molecular formula is C18H15ClN6O3. The molecule has 1 amide bonds. The van der Waals surface area contributed by atoms with Crippen LogP contribution in [0.15, 0.2) is 42.6 Å². The van der Waals surface area contributed by atoms with E-state index in [0.29, 0.717) is 23.1 Å². The van der Waals surface area contributed by atoms with Gasteiger partial charge in [-0.05, 0) is 26.0 Å². The third kappa shape index (κ3) is 4.57. The lowest BCUT2D eigenvalue weighted by Crippen LogP contribution is -2.13. The number of benzene rings is 1. The maximum absolute atomic E-state index is 12.4. The van der Waals surface area contributed by atoms with Crippen LogP contribution >= 0.6 is 11.6 Å². The molecule has 0 saturated heterocycles. The average Bonchev–Trinajstić information content (AvgIpc) is 2.60. The highest BCUT2D eigenvalue weighted by Crippen LogP contribution is 2.24. The molecule has 0 fully saturated rings. The molecular weight excluding hydrogens is 384 g/mol. The summed E-state index contributed by atoms with van der Waals surface area (Å²) in [6.07, 6.45) is 1.52. The van der Waals surface area contributed by atoms with Gasteiger partial charge in [0, 0.05) is 41.8 Å². The van der Waals surface area contributed by atoms with Gasteiger partial charge in [0.25, 0.3) is 11.6 Å². The van der Waals surface area contributed by atoms with Crippen LogP contribution in [0.2, 0.25) is 5.02 Å². The molecule has 0 aliphatic carbocycles. The predicted octanol–water partition coefficient (Wildman–Crippen LogP) is 4.05. The number of nitro groups is 1. The second-order valence-electron chi connectivity index (χ2n) is 5.87. The zero-order chi connectivity index (χ0) is 20.3. The van der Waals surface area contributed by atoms with Gasteiger partial charge in [-0.1, -0.05) is 11.6 Å². The van der Waals surface area contributed by atoms with E-state index in [1.54, 1.807) is 25.1 Å². The van der Waals surface area contributed by atoms with E-state index in [-0.39, 0.29) is 16.3 Å². The van der Waals surface area contributed by atoms with Gasteiger partial charge in [0.15, 0.2) is 0 Å². The van der Waals surface area contributed by atoms with Gasteiger partial charge in [0.2, 0.25) is 0 Å². The zero-order valence-electron chi connectivity index (χ0n) is 14.9. The number of non-ortho nitro benzene ring substituents is 1. The first-order chi connectivity index (χ1) is 13.3. The van der Waals surface area contributed by atoms with Gasteiger partial charge in [-0.25, -0.2) is 15.0 Å². The molecule has 9 nitrogen and oxygen atoms in total. The molecule has 1 aromatic carbocycles. The van der Waals surface area contributed by atoms with Gasteiger partial charge in [-0.15, -0.1) is 0 Å². The molecule has 3 rings (SSSR count). The quantitative estimate of drug-likeness (QED) is 0.490. The Morgan fingerprint density at radius 2 is 1.89 bits per heavy atom. The van der Waals surface area contributed by atoms with Gasteiger partial charge in [-0.2, -0.15) is 0 Å². The number of nitrogens with one attached hydrogen (secondary N) is 2. The summed E-state index contributed by atoms with van der Waals surface area (Å²) in [4.78, 5) is 35.3. The minimum atomic E-state index is -0.578. The molecule has 0 unspecified atom stereocenters. The van der Waals surface area contributed by atoms with Crippen LogP contribution in [0.3, 0.4) is 0 Å². The predicted molar refractivity (Wildman–Crippen MR) is 105 cm³/mol. The molecule has 0 radical (unpaired) electrons. The maximum atomic E-state index is 12.4. The normalized spacial score (nSPS) is 10.4. The number of hydrogen-bond donors (Lipinski definition) is 2. The number of pyridine rings is 1. The fourth-order valence-corrected chi connectivity index (χ4v) is 2.75. The minimum Gasteiger partial charge on any atom is -0.325 e. The van der Waals surface area contributed by atoms with Crippen LogP contribution < -0.4 is 10.6 Å². The number of rotatable bonds is 5. The second kappa shape index (κ2) is 7.97. The van der Waals surface area contributed by atoms with E-state index in [1.807, 2.05) is 6.92 Å². The summed E-state index contributed by atoms with van der Waals surface area (Å²) in [7, 11) is 0. The second-order valence-corrected chi connectivity index (χ2v) is 6.28. The number of amides is 1. The van der Waals surface area contributed by atoms with E-state index in [1.165, 1.54) is 18.3 Å². The Labute approximate surface area is 165 Å². The van der Waals surface area contributed by atoms with Crippen LogP contribution in [0.1, 0.15) is 21.9 Å². The molecule has 10 heteroatoms. The van der Waals surface area contributed by atoms with Gasteiger partial charge in [-0.3, -0.25) is 14.9 Å². The van der Waals surface area contributed by atoms with Crippen LogP contribution in [-0.4, -0.2) is 25.8 Å². The first-order valence-corrected chi connectivity index (χ1v) is 8.50. The highest BCUT2D eigenvalue weighted by Gasteiger charge is 2.15. The van der Waals surface area contributed by atoms with Crippen LogP contribution in [0.4, 0.5) is 23.0 Å². The van der Waals surface area contributed by atoms with Crippen molar-refractivity contribution in [3.63, 3.8) is 0 Å². The van der Waals surface area contributed by atoms with Crippen molar-refractivity contribution in [3.05, 3.63) is 74.8 Å². The average molecular weight is 399 g/mol. The Bertz CT molecular complexity index is 1050. The number of anilines is 3. The molecule has 28 heavy (non-hydrogen) atoms. The fourth-order valence-electron chi connectivity index (χ4n) is 2.49. The zero-order valence-corrected chi connectivity index (χ0v) is 15.7. The van der Waals surface area contributed by atoms with E-state index in [0.717, 1.165) is 11.8 Å². The topological polar surface area (TPSA) is 123 Å². The van der Waals surface area contributed by atoms with Crippen molar-refractivity contribution in [3.8, 4) is 0 Å². The summed E-state index contributed by atoms with van der Waals surface area (Å²) in [6.45, 7) is 3.65. The molecule has 2 heterocycles. The van der Waals surface area contributed by atoms with Crippen LogP contribution in [0.25, 0.3) is 0 Å². The monoisotopic (exact) mass is 398 g/mol. The van der Waals surface area contributed by atoms with E-state index in [2.05, 4.69) is 25.6 Å². The Kier molecular flexibility index (Phi) is 5.46. The van der Waals surface area contributed by atoms with Crippen molar-refractivity contribution >= 4 is 40.5 Å². The Balaban J connectivity index is 1.77. The molecule has 0 aliphatic heterocycles. The van der Waals surface area contributed by atoms with Crippen molar-refractivity contribution in [2.75, 3.05) is 10.6 Å². The largest absolute Gasteiger partial charge is 0.325 e. The number of carbonyl (C=O) groups is 1. The molecule has 142 valence electrons. The lowest BCUT2D eigenvalue weighted by Gasteiger charge is -2.10. The number of nitrogens with zero attached hydrogens (tertiary/aromatic N) is 4.